The second-order valence-electron chi connectivity index (χ2n) is 9.26. The second-order valence-corrected chi connectivity index (χ2v) is 10.4. The lowest BCUT2D eigenvalue weighted by Crippen LogP contribution is -2.33. The van der Waals surface area contributed by atoms with Gasteiger partial charge in [0.25, 0.3) is 5.56 Å². The number of rotatable bonds is 8. The molecule has 0 bridgehead atoms. The van der Waals surface area contributed by atoms with Gasteiger partial charge in [0.15, 0.2) is 5.16 Å². The zero-order valence-corrected chi connectivity index (χ0v) is 21.1. The predicted octanol–water partition coefficient (Wildman–Crippen LogP) is 4.76. The summed E-state index contributed by atoms with van der Waals surface area (Å²) in [7, 11) is 1.72. The number of thioether (sulfide) groups is 1. The van der Waals surface area contributed by atoms with Crippen molar-refractivity contribution in [3.05, 3.63) is 81.2 Å². The minimum atomic E-state index is -0.353. The molecule has 1 atom stereocenters. The Morgan fingerprint density at radius 1 is 1.21 bits per heavy atom. The van der Waals surface area contributed by atoms with Crippen molar-refractivity contribution in [2.75, 3.05) is 0 Å². The van der Waals surface area contributed by atoms with Crippen molar-refractivity contribution in [1.82, 2.24) is 14.9 Å². The Morgan fingerprint density at radius 3 is 2.48 bits per heavy atom. The molecule has 0 aliphatic rings. The van der Waals surface area contributed by atoms with Gasteiger partial charge in [-0.25, -0.2) is 4.98 Å². The lowest BCUT2D eigenvalue weighted by Gasteiger charge is -2.19. The molecule has 0 saturated heterocycles. The Balaban J connectivity index is 1.75. The molecule has 0 aliphatic carbocycles. The molecule has 0 radical (unpaired) electrons. The summed E-state index contributed by atoms with van der Waals surface area (Å²) < 4.78 is 6.83. The maximum atomic E-state index is 13.2. The molecule has 1 aromatic carbocycles. The van der Waals surface area contributed by atoms with E-state index in [4.69, 9.17) is 9.40 Å². The van der Waals surface area contributed by atoms with Gasteiger partial charge in [-0.2, -0.15) is 0 Å². The van der Waals surface area contributed by atoms with Gasteiger partial charge in [0.05, 0.1) is 18.1 Å². The highest BCUT2D eigenvalue weighted by Crippen LogP contribution is 2.25. The van der Waals surface area contributed by atoms with Crippen LogP contribution in [-0.2, 0) is 30.2 Å². The van der Waals surface area contributed by atoms with Crippen LogP contribution >= 0.6 is 11.8 Å². The Hall–Kier alpha value is -2.80. The molecule has 0 saturated carbocycles. The summed E-state index contributed by atoms with van der Waals surface area (Å²) in [5.41, 5.74) is 3.74. The summed E-state index contributed by atoms with van der Waals surface area (Å²) >= 11 is 1.32. The summed E-state index contributed by atoms with van der Waals surface area (Å²) in [5.74, 6) is 0.596. The summed E-state index contributed by atoms with van der Waals surface area (Å²) in [4.78, 5) is 30.5. The summed E-state index contributed by atoms with van der Waals surface area (Å²) in [6.45, 7) is 10.7. The number of hydrogen-bond acceptors (Lipinski definition) is 5. The number of amides is 1. The Bertz CT molecular complexity index is 1140. The number of nitrogens with zero attached hydrogens (tertiary/aromatic N) is 2. The minimum Gasteiger partial charge on any atom is -0.467 e. The zero-order chi connectivity index (χ0) is 24.2. The number of carbonyl (C=O) groups is 1. The minimum absolute atomic E-state index is 0.0734. The molecule has 1 N–H and O–H groups in total. The second kappa shape index (κ2) is 10.4. The van der Waals surface area contributed by atoms with Crippen LogP contribution < -0.4 is 10.9 Å². The molecule has 3 rings (SSSR count). The van der Waals surface area contributed by atoms with Crippen molar-refractivity contribution < 1.29 is 9.21 Å². The van der Waals surface area contributed by atoms with Crippen LogP contribution in [0.3, 0.4) is 0 Å². The van der Waals surface area contributed by atoms with Crippen LogP contribution in [-0.4, -0.2) is 20.7 Å². The monoisotopic (exact) mass is 467 g/mol. The van der Waals surface area contributed by atoms with Gasteiger partial charge in [-0.05, 0) is 42.0 Å². The van der Waals surface area contributed by atoms with Crippen molar-refractivity contribution in [3.63, 3.8) is 0 Å². The van der Waals surface area contributed by atoms with Gasteiger partial charge in [0.1, 0.15) is 5.76 Å². The van der Waals surface area contributed by atoms with Crippen LogP contribution in [0.4, 0.5) is 0 Å². The van der Waals surface area contributed by atoms with Crippen LogP contribution in [0.1, 0.15) is 62.3 Å². The predicted molar refractivity (Wildman–Crippen MR) is 133 cm³/mol. The molecule has 176 valence electrons. The van der Waals surface area contributed by atoms with Crippen molar-refractivity contribution in [3.8, 4) is 0 Å². The molecule has 0 fully saturated rings. The quantitative estimate of drug-likeness (QED) is 0.382. The zero-order valence-electron chi connectivity index (χ0n) is 20.3. The summed E-state index contributed by atoms with van der Waals surface area (Å²) in [6, 6.07) is 12.0. The fourth-order valence-corrected chi connectivity index (χ4v) is 4.56. The highest BCUT2D eigenvalue weighted by molar-refractivity contribution is 8.00. The molecule has 0 spiro atoms. The van der Waals surface area contributed by atoms with Crippen LogP contribution in [0, 0.1) is 6.92 Å². The lowest BCUT2D eigenvalue weighted by molar-refractivity contribution is -0.120. The van der Waals surface area contributed by atoms with Gasteiger partial charge in [0.2, 0.25) is 5.91 Å². The maximum Gasteiger partial charge on any atom is 0.257 e. The Kier molecular flexibility index (Phi) is 7.84. The molecule has 3 aromatic rings. The van der Waals surface area contributed by atoms with Crippen LogP contribution in [0.15, 0.2) is 57.0 Å². The number of furan rings is 1. The van der Waals surface area contributed by atoms with Gasteiger partial charge in [-0.3, -0.25) is 14.2 Å². The first-order valence-electron chi connectivity index (χ1n) is 11.2. The van der Waals surface area contributed by atoms with Crippen LogP contribution in [0.25, 0.3) is 0 Å². The molecule has 2 aromatic heterocycles. The molecule has 2 heterocycles. The van der Waals surface area contributed by atoms with E-state index in [-0.39, 0.29) is 22.1 Å². The molecular formula is C26H33N3O3S. The smallest absolute Gasteiger partial charge is 0.257 e. The van der Waals surface area contributed by atoms with Gasteiger partial charge in [-0.1, -0.05) is 63.7 Å². The maximum absolute atomic E-state index is 13.2. The standard InChI is InChI=1S/C26H33N3O3S/c1-7-22(23(30)27-16-20-9-8-14-32-20)33-25-28-17(2)21(24(31)29(25)6)15-18-10-12-19(13-11-18)26(3,4)5/h8-14,22H,7,15-16H2,1-6H3,(H,27,30). The van der Waals surface area contributed by atoms with Crippen molar-refractivity contribution in [1.29, 1.82) is 0 Å². The van der Waals surface area contributed by atoms with Gasteiger partial charge >= 0.3 is 0 Å². The topological polar surface area (TPSA) is 77.1 Å². The number of aromatic nitrogens is 2. The van der Waals surface area contributed by atoms with Crippen molar-refractivity contribution in [2.45, 2.75) is 69.8 Å². The third-order valence-corrected chi connectivity index (χ3v) is 7.09. The van der Waals surface area contributed by atoms with E-state index in [0.29, 0.717) is 41.6 Å². The fraction of sp³-hybridized carbons (Fsp3) is 0.423. The highest BCUT2D eigenvalue weighted by Gasteiger charge is 2.22. The third kappa shape index (κ3) is 6.16. The first kappa shape index (κ1) is 24.8. The van der Waals surface area contributed by atoms with E-state index in [1.165, 1.54) is 17.3 Å². The average molecular weight is 468 g/mol. The number of aryl methyl sites for hydroxylation is 1. The van der Waals surface area contributed by atoms with Crippen molar-refractivity contribution >= 4 is 17.7 Å². The highest BCUT2D eigenvalue weighted by atomic mass is 32.2. The number of benzene rings is 1. The molecule has 1 amide bonds. The first-order chi connectivity index (χ1) is 15.6. The SMILES string of the molecule is CCC(Sc1nc(C)c(Cc2ccc(C(C)(C)C)cc2)c(=O)n1C)C(=O)NCc1ccco1. The van der Waals surface area contributed by atoms with E-state index in [2.05, 4.69) is 50.4 Å². The lowest BCUT2D eigenvalue weighted by atomic mass is 9.86. The molecule has 1 unspecified atom stereocenters. The van der Waals surface area contributed by atoms with Gasteiger partial charge in [-0.15, -0.1) is 0 Å². The van der Waals surface area contributed by atoms with Crippen molar-refractivity contribution in [2.24, 2.45) is 7.05 Å². The fourth-order valence-electron chi connectivity index (χ4n) is 3.52. The number of nitrogens with one attached hydrogen (secondary N) is 1. The molecule has 33 heavy (non-hydrogen) atoms. The third-order valence-electron chi connectivity index (χ3n) is 5.68. The molecule has 6 nitrogen and oxygen atoms in total. The van der Waals surface area contributed by atoms with Crippen LogP contribution in [0.2, 0.25) is 0 Å². The summed E-state index contributed by atoms with van der Waals surface area (Å²) in [5, 5.41) is 3.09. The average Bonchev–Trinajstić information content (AvgIpc) is 3.30. The normalized spacial score (nSPS) is 12.5. The van der Waals surface area contributed by atoms with E-state index >= 15 is 0 Å². The van der Waals surface area contributed by atoms with E-state index in [0.717, 1.165) is 5.56 Å². The summed E-state index contributed by atoms with van der Waals surface area (Å²) in [6.07, 6.45) is 2.73. The van der Waals surface area contributed by atoms with Crippen LogP contribution in [0.5, 0.6) is 0 Å². The van der Waals surface area contributed by atoms with E-state index < -0.39 is 0 Å². The van der Waals surface area contributed by atoms with Gasteiger partial charge < -0.3 is 9.73 Å². The Morgan fingerprint density at radius 2 is 1.91 bits per heavy atom. The van der Waals surface area contributed by atoms with E-state index in [9.17, 15) is 9.59 Å². The molecular weight excluding hydrogens is 434 g/mol. The van der Waals surface area contributed by atoms with E-state index in [1.54, 1.807) is 23.9 Å². The van der Waals surface area contributed by atoms with E-state index in [1.807, 2.05) is 19.9 Å². The largest absolute Gasteiger partial charge is 0.467 e. The Labute approximate surface area is 199 Å². The van der Waals surface area contributed by atoms with Gasteiger partial charge in [0, 0.05) is 24.7 Å². The molecule has 0 aliphatic heterocycles. The first-order valence-corrected chi connectivity index (χ1v) is 12.1. The number of carbonyl (C=O) groups excluding carboxylic acids is 1. The molecule has 7 heteroatoms. The number of hydrogen-bond donors (Lipinski definition) is 1.